The predicted octanol–water partition coefficient (Wildman–Crippen LogP) is 7.38. The number of unbranched alkanes of at least 4 members (excludes halogenated alkanes) is 7. The first-order valence-corrected chi connectivity index (χ1v) is 21.1. The van der Waals surface area contributed by atoms with Crippen LogP contribution in [0.4, 0.5) is 0 Å². The van der Waals surface area contributed by atoms with E-state index < -0.39 is 16.9 Å². The Hall–Kier alpha value is -3.97. The summed E-state index contributed by atoms with van der Waals surface area (Å²) < 4.78 is 43.6. The van der Waals surface area contributed by atoms with Crippen LogP contribution in [0.3, 0.4) is 0 Å². The zero-order valence-electron chi connectivity index (χ0n) is 28.9. The molecule has 0 atom stereocenters. The Labute approximate surface area is 292 Å². The van der Waals surface area contributed by atoms with Gasteiger partial charge < -0.3 is 9.47 Å². The van der Waals surface area contributed by atoms with E-state index in [1.807, 2.05) is 109 Å². The number of hydrogen-bond donors (Lipinski definition) is 1. The summed E-state index contributed by atoms with van der Waals surface area (Å²) >= 11 is 0. The summed E-state index contributed by atoms with van der Waals surface area (Å²) in [4.78, 5) is 12.3. The molecule has 0 saturated carbocycles. The molecule has 0 radical (unpaired) electrons. The number of amides is 1. The topological polar surface area (TPSA) is 90.9 Å². The number of carbonyl (C=O) groups excluding carboxylic acids is 1. The van der Waals surface area contributed by atoms with E-state index in [0.717, 1.165) is 72.8 Å². The summed E-state index contributed by atoms with van der Waals surface area (Å²) in [6.07, 6.45) is 13.2. The molecule has 1 amide bonds. The Bertz CT molecular complexity index is 1650. The Kier molecular flexibility index (Phi) is 14.0. The van der Waals surface area contributed by atoms with Crippen LogP contribution in [0.5, 0.6) is 11.5 Å². The van der Waals surface area contributed by atoms with Gasteiger partial charge in [0.25, 0.3) is 0 Å². The summed E-state index contributed by atoms with van der Waals surface area (Å²) in [5, 5.41) is 5.71. The van der Waals surface area contributed by atoms with E-state index in [1.165, 1.54) is 12.3 Å². The summed E-state index contributed by atoms with van der Waals surface area (Å²) in [6, 6.07) is 35.4. The smallest absolute Gasteiger partial charge is 0.161 e. The summed E-state index contributed by atoms with van der Waals surface area (Å²) in [7, 11) is -0.677. The van der Waals surface area contributed by atoms with Crippen molar-refractivity contribution < 1.29 is 26.7 Å². The Morgan fingerprint density at radius 3 is 1.59 bits per heavy atom. The summed E-state index contributed by atoms with van der Waals surface area (Å²) in [5.41, 5.74) is 0.860. The molecule has 0 aliphatic carbocycles. The fraction of sp³-hybridized carbons (Fsp3) is 0.325. The third-order valence-electron chi connectivity index (χ3n) is 8.85. The average Bonchev–Trinajstić information content (AvgIpc) is 3.13. The molecule has 1 N–H and O–H groups in total. The van der Waals surface area contributed by atoms with E-state index in [0.29, 0.717) is 24.2 Å². The molecule has 7 nitrogen and oxygen atoms in total. The Morgan fingerprint density at radius 2 is 1.12 bits per heavy atom. The number of rotatable bonds is 20. The molecule has 49 heavy (non-hydrogen) atoms. The van der Waals surface area contributed by atoms with Crippen molar-refractivity contribution in [1.29, 1.82) is 0 Å². The van der Waals surface area contributed by atoms with Gasteiger partial charge in [0.1, 0.15) is 0 Å². The van der Waals surface area contributed by atoms with Crippen LogP contribution in [0.25, 0.3) is 6.08 Å². The Morgan fingerprint density at radius 1 is 0.653 bits per heavy atom. The molecular weight excluding hydrogens is 653 g/mol. The molecule has 0 bridgehead atoms. The number of benzene rings is 4. The Balaban J connectivity index is 1.30. The van der Waals surface area contributed by atoms with Gasteiger partial charge in [0, 0.05) is 6.08 Å². The fourth-order valence-electron chi connectivity index (χ4n) is 6.53. The van der Waals surface area contributed by atoms with Crippen molar-refractivity contribution in [3.05, 3.63) is 121 Å². The third kappa shape index (κ3) is 9.81. The minimum atomic E-state index is -3.91. The van der Waals surface area contributed by atoms with Crippen LogP contribution in [0.1, 0.15) is 56.9 Å². The first-order valence-electron chi connectivity index (χ1n) is 17.0. The molecule has 4 aromatic carbocycles. The van der Waals surface area contributed by atoms with Crippen LogP contribution in [0.2, 0.25) is 0 Å². The van der Waals surface area contributed by atoms with Crippen LogP contribution in [-0.4, -0.2) is 47.5 Å². The van der Waals surface area contributed by atoms with Crippen molar-refractivity contribution in [2.45, 2.75) is 51.4 Å². The molecule has 0 aromatic heterocycles. The maximum absolute atomic E-state index is 13.2. The van der Waals surface area contributed by atoms with Gasteiger partial charge in [-0.3, -0.25) is 4.79 Å². The number of ether oxygens (including phenoxy) is 2. The maximum atomic E-state index is 13.2. The number of hydrogen-bond acceptors (Lipinski definition) is 6. The fourth-order valence-corrected chi connectivity index (χ4v) is 15.2. The quantitative estimate of drug-likeness (QED) is 0.0588. The molecule has 0 heterocycles. The second-order valence-corrected chi connectivity index (χ2v) is 18.7. The number of carbonyl (C=O) groups is 1. The maximum Gasteiger partial charge on any atom is 0.161 e. The van der Waals surface area contributed by atoms with Gasteiger partial charge >= 0.3 is 218 Å². The second kappa shape index (κ2) is 18.1. The van der Waals surface area contributed by atoms with Crippen LogP contribution < -0.4 is 30.7 Å². The van der Waals surface area contributed by atoms with E-state index in [-0.39, 0.29) is 5.91 Å². The zero-order chi connectivity index (χ0) is 35.0. The normalized spacial score (nSPS) is 12.7. The van der Waals surface area contributed by atoms with E-state index in [1.54, 1.807) is 20.3 Å². The third-order valence-corrected chi connectivity index (χ3v) is 16.6. The molecule has 0 aliphatic heterocycles. The van der Waals surface area contributed by atoms with Gasteiger partial charge in [-0.05, 0) is 23.8 Å². The van der Waals surface area contributed by atoms with E-state index >= 15 is 0 Å². The molecule has 0 saturated heterocycles. The monoisotopic (exact) mass is 703 g/mol. The molecule has 262 valence electrons. The first-order chi connectivity index (χ1) is 23.7. The van der Waals surface area contributed by atoms with Gasteiger partial charge in [-0.2, -0.15) is 0 Å². The van der Waals surface area contributed by atoms with Crippen LogP contribution in [0.15, 0.2) is 115 Å². The minimum absolute atomic E-state index is 0.117. The van der Waals surface area contributed by atoms with Crippen molar-refractivity contribution in [2.75, 3.05) is 33.2 Å². The number of nitrogens with one attached hydrogen (secondary N) is 1. The molecule has 0 fully saturated rings. The minimum Gasteiger partial charge on any atom is -0.493 e. The molecule has 4 aromatic rings. The second-order valence-electron chi connectivity index (χ2n) is 12.3. The van der Waals surface area contributed by atoms with Crippen molar-refractivity contribution in [3.8, 4) is 11.5 Å². The molecular formula is C40H50NO6PS. The predicted molar refractivity (Wildman–Crippen MR) is 204 cm³/mol. The summed E-state index contributed by atoms with van der Waals surface area (Å²) in [6.45, 7) is -3.27. The number of methoxy groups -OCH3 is 2. The van der Waals surface area contributed by atoms with Gasteiger partial charge in [-0.25, -0.2) is 0 Å². The van der Waals surface area contributed by atoms with Crippen molar-refractivity contribution in [3.63, 3.8) is 0 Å². The van der Waals surface area contributed by atoms with Crippen molar-refractivity contribution >= 4 is 44.8 Å². The standard InChI is InChI=1S/C40H50NO6PS/c1-45-38-29-27-34(33-39(38)46-2)28-30-40(42)41-31-19-8-6-4-5-7-9-20-32-48(47-49(3,43)44,35-21-13-10-14-22-35,36-23-15-11-16-24-36)37-25-17-12-18-26-37/h10-18,21-30,33H,4-9,19-20,31-32H2,1-3H3,(H,41,42)/b30-28+. The molecule has 4 rings (SSSR count). The molecule has 0 unspecified atom stereocenters. The van der Waals surface area contributed by atoms with E-state index in [9.17, 15) is 13.2 Å². The van der Waals surface area contributed by atoms with Gasteiger partial charge in [0.05, 0.1) is 14.2 Å². The van der Waals surface area contributed by atoms with Crippen molar-refractivity contribution in [1.82, 2.24) is 5.32 Å². The first kappa shape index (κ1) is 37.8. The molecule has 9 heteroatoms. The van der Waals surface area contributed by atoms with Gasteiger partial charge in [0.15, 0.2) is 11.5 Å². The zero-order valence-corrected chi connectivity index (χ0v) is 30.6. The average molecular weight is 704 g/mol. The van der Waals surface area contributed by atoms with Gasteiger partial charge in [-0.15, -0.1) is 0 Å². The van der Waals surface area contributed by atoms with E-state index in [4.69, 9.17) is 13.4 Å². The molecule has 0 aliphatic rings. The van der Waals surface area contributed by atoms with Crippen LogP contribution in [-0.2, 0) is 18.9 Å². The van der Waals surface area contributed by atoms with E-state index in [2.05, 4.69) is 5.32 Å². The van der Waals surface area contributed by atoms with Gasteiger partial charge in [0.2, 0.25) is 0 Å². The van der Waals surface area contributed by atoms with Gasteiger partial charge in [-0.1, -0.05) is 6.07 Å². The van der Waals surface area contributed by atoms with Crippen LogP contribution >= 0.6 is 6.83 Å². The van der Waals surface area contributed by atoms with Crippen LogP contribution in [0, 0.1) is 0 Å². The summed E-state index contributed by atoms with van der Waals surface area (Å²) in [5.74, 6) is 1.15. The van der Waals surface area contributed by atoms with Crippen molar-refractivity contribution in [2.24, 2.45) is 0 Å². The molecule has 0 spiro atoms. The largest absolute Gasteiger partial charge is 0.493 e. The SMILES string of the molecule is COc1ccc(/C=C/C(=O)NCCCCCCCCCCP(OS(C)(=O)=O)(c2ccccc2)(c2ccccc2)c2ccccc2)cc1OC.